The van der Waals surface area contributed by atoms with Crippen molar-refractivity contribution in [3.05, 3.63) is 53.7 Å². The second-order valence-corrected chi connectivity index (χ2v) is 6.84. The van der Waals surface area contributed by atoms with Gasteiger partial charge in [-0.1, -0.05) is 12.1 Å². The number of benzene rings is 1. The Morgan fingerprint density at radius 1 is 1.31 bits per heavy atom. The van der Waals surface area contributed by atoms with Gasteiger partial charge in [-0.15, -0.1) is 0 Å². The highest BCUT2D eigenvalue weighted by Gasteiger charge is 2.54. The molecule has 0 saturated carbocycles. The van der Waals surface area contributed by atoms with Crippen molar-refractivity contribution < 1.29 is 24.2 Å². The van der Waals surface area contributed by atoms with E-state index in [1.807, 2.05) is 0 Å². The van der Waals surface area contributed by atoms with Crippen molar-refractivity contribution in [3.8, 4) is 5.75 Å². The van der Waals surface area contributed by atoms with Crippen molar-refractivity contribution in [2.75, 3.05) is 12.8 Å². The number of nitrogen functional groups attached to an aromatic ring is 1. The molecule has 1 aromatic heterocycles. The third kappa shape index (κ3) is 4.13. The first kappa shape index (κ1) is 20.1. The van der Waals surface area contributed by atoms with Gasteiger partial charge in [-0.3, -0.25) is 4.79 Å². The molecule has 3 atom stereocenters. The number of pyridine rings is 1. The number of aromatic nitrogens is 1. The van der Waals surface area contributed by atoms with Crippen LogP contribution in [0.25, 0.3) is 0 Å². The van der Waals surface area contributed by atoms with Gasteiger partial charge in [0.05, 0.1) is 19.1 Å². The number of nitrogens with one attached hydrogen (secondary N) is 1. The maximum Gasteiger partial charge on any atom is 0.327 e. The Morgan fingerprint density at radius 3 is 2.59 bits per heavy atom. The highest BCUT2D eigenvalue weighted by molar-refractivity contribution is 6.07. The summed E-state index contributed by atoms with van der Waals surface area (Å²) in [7, 11) is 1.55. The number of imide groups is 1. The molecule has 1 fully saturated rings. The Bertz CT molecular complexity index is 931. The van der Waals surface area contributed by atoms with Gasteiger partial charge in [0.2, 0.25) is 5.91 Å². The van der Waals surface area contributed by atoms with Crippen molar-refractivity contribution in [1.29, 1.82) is 0 Å². The number of hydrogen-bond donors (Lipinski definition) is 3. The van der Waals surface area contributed by atoms with Crippen molar-refractivity contribution in [1.82, 2.24) is 15.2 Å². The van der Waals surface area contributed by atoms with Crippen molar-refractivity contribution in [2.24, 2.45) is 5.92 Å². The lowest BCUT2D eigenvalue weighted by molar-refractivity contribution is -0.165. The molecule has 0 bridgehead atoms. The molecular formula is C20H22N4O5. The number of likely N-dealkylation sites (tertiary alicyclic amines) is 1. The Labute approximate surface area is 167 Å². The fourth-order valence-corrected chi connectivity index (χ4v) is 3.36. The van der Waals surface area contributed by atoms with E-state index in [9.17, 15) is 19.5 Å². The van der Waals surface area contributed by atoms with E-state index in [0.717, 1.165) is 10.5 Å². The molecule has 0 aliphatic carbocycles. The molecule has 1 aliphatic rings. The summed E-state index contributed by atoms with van der Waals surface area (Å²) in [5.74, 6) is -1.65. The number of methoxy groups -OCH3 is 1. The molecule has 0 spiro atoms. The lowest BCUT2D eigenvalue weighted by atomic mass is 9.82. The van der Waals surface area contributed by atoms with E-state index in [1.54, 1.807) is 50.4 Å². The summed E-state index contributed by atoms with van der Waals surface area (Å²) >= 11 is 0. The molecule has 29 heavy (non-hydrogen) atoms. The van der Waals surface area contributed by atoms with Crippen LogP contribution in [0.2, 0.25) is 0 Å². The molecule has 4 N–H and O–H groups in total. The SMILES string of the molecule is COc1ccc(C(C)NC(=O)N2C(=O)C(Cc3ccnc(N)c3)C2C(=O)O)cc1. The second-order valence-electron chi connectivity index (χ2n) is 6.84. The number of β-lactam (4-membered cyclic amide) rings is 1. The minimum Gasteiger partial charge on any atom is -0.497 e. The van der Waals surface area contributed by atoms with Gasteiger partial charge in [0.15, 0.2) is 6.04 Å². The molecule has 3 amide bonds. The standard InChI is InChI=1S/C20H22N4O5/c1-11(13-3-5-14(29-2)6-4-13)23-20(28)24-17(19(26)27)15(18(24)25)9-12-7-8-22-16(21)10-12/h3-8,10-11,15,17H,9H2,1-2H3,(H2,21,22)(H,23,28)(H,26,27). The Kier molecular flexibility index (Phi) is 5.67. The van der Waals surface area contributed by atoms with Crippen molar-refractivity contribution in [2.45, 2.75) is 25.4 Å². The molecule has 2 heterocycles. The predicted molar refractivity (Wildman–Crippen MR) is 104 cm³/mol. The third-order valence-corrected chi connectivity index (χ3v) is 4.94. The molecule has 9 heteroatoms. The number of rotatable bonds is 6. The number of ether oxygens (including phenoxy) is 1. The molecule has 9 nitrogen and oxygen atoms in total. The van der Waals surface area contributed by atoms with E-state index < -0.39 is 35.9 Å². The van der Waals surface area contributed by atoms with E-state index in [-0.39, 0.29) is 12.2 Å². The average molecular weight is 398 g/mol. The van der Waals surface area contributed by atoms with Gasteiger partial charge in [-0.25, -0.2) is 19.5 Å². The van der Waals surface area contributed by atoms with E-state index >= 15 is 0 Å². The summed E-state index contributed by atoms with van der Waals surface area (Å²) in [5, 5.41) is 12.2. The second kappa shape index (κ2) is 8.17. The number of hydrogen-bond acceptors (Lipinski definition) is 6. The van der Waals surface area contributed by atoms with Gasteiger partial charge in [-0.2, -0.15) is 0 Å². The molecule has 3 rings (SSSR count). The zero-order valence-electron chi connectivity index (χ0n) is 16.0. The van der Waals surface area contributed by atoms with Gasteiger partial charge in [0.25, 0.3) is 0 Å². The Hall–Kier alpha value is -3.62. The number of amides is 3. The highest BCUT2D eigenvalue weighted by Crippen LogP contribution is 2.31. The summed E-state index contributed by atoms with van der Waals surface area (Å²) < 4.78 is 5.10. The van der Waals surface area contributed by atoms with Gasteiger partial charge in [0.1, 0.15) is 11.6 Å². The molecule has 1 saturated heterocycles. The van der Waals surface area contributed by atoms with E-state index in [0.29, 0.717) is 11.3 Å². The third-order valence-electron chi connectivity index (χ3n) is 4.94. The summed E-state index contributed by atoms with van der Waals surface area (Å²) in [6.45, 7) is 1.75. The van der Waals surface area contributed by atoms with Gasteiger partial charge >= 0.3 is 12.0 Å². The summed E-state index contributed by atoms with van der Waals surface area (Å²) in [6, 6.07) is 7.93. The predicted octanol–water partition coefficient (Wildman–Crippen LogP) is 1.60. The van der Waals surface area contributed by atoms with Crippen LogP contribution in [0.15, 0.2) is 42.6 Å². The maximum absolute atomic E-state index is 12.6. The first-order valence-corrected chi connectivity index (χ1v) is 9.02. The number of anilines is 1. The van der Waals surface area contributed by atoms with E-state index in [4.69, 9.17) is 10.5 Å². The van der Waals surface area contributed by atoms with Crippen LogP contribution >= 0.6 is 0 Å². The van der Waals surface area contributed by atoms with Crippen LogP contribution in [-0.4, -0.2) is 46.0 Å². The molecule has 2 aromatic rings. The zero-order valence-corrected chi connectivity index (χ0v) is 16.0. The average Bonchev–Trinajstić information content (AvgIpc) is 2.69. The molecule has 152 valence electrons. The molecule has 3 unspecified atom stereocenters. The van der Waals surface area contributed by atoms with Crippen molar-refractivity contribution in [3.63, 3.8) is 0 Å². The van der Waals surface area contributed by atoms with E-state index in [2.05, 4.69) is 10.3 Å². The maximum atomic E-state index is 12.6. The minimum absolute atomic E-state index is 0.167. The monoisotopic (exact) mass is 398 g/mol. The molecule has 1 aliphatic heterocycles. The van der Waals surface area contributed by atoms with Crippen LogP contribution in [0, 0.1) is 5.92 Å². The largest absolute Gasteiger partial charge is 0.497 e. The van der Waals surface area contributed by atoms with Gasteiger partial charge in [-0.05, 0) is 48.7 Å². The summed E-state index contributed by atoms with van der Waals surface area (Å²) in [4.78, 5) is 41.5. The summed E-state index contributed by atoms with van der Waals surface area (Å²) in [5.41, 5.74) is 7.11. The number of carboxylic acid groups (broad SMARTS) is 1. The normalized spacial score (nSPS) is 19.2. The first-order valence-electron chi connectivity index (χ1n) is 9.02. The first-order chi connectivity index (χ1) is 13.8. The van der Waals surface area contributed by atoms with Crippen LogP contribution in [0.4, 0.5) is 10.6 Å². The van der Waals surface area contributed by atoms with Crippen LogP contribution in [-0.2, 0) is 16.0 Å². The van der Waals surface area contributed by atoms with Crippen LogP contribution in [0.5, 0.6) is 5.75 Å². The van der Waals surface area contributed by atoms with Gasteiger partial charge < -0.3 is 20.9 Å². The Morgan fingerprint density at radius 2 is 2.00 bits per heavy atom. The number of nitrogens with two attached hydrogens (primary N) is 1. The van der Waals surface area contributed by atoms with Crippen LogP contribution < -0.4 is 15.8 Å². The molecule has 0 radical (unpaired) electrons. The lowest BCUT2D eigenvalue weighted by Crippen LogP contribution is -2.68. The number of urea groups is 1. The molecular weight excluding hydrogens is 376 g/mol. The van der Waals surface area contributed by atoms with Gasteiger partial charge in [0, 0.05) is 6.20 Å². The van der Waals surface area contributed by atoms with E-state index in [1.165, 1.54) is 6.20 Å². The van der Waals surface area contributed by atoms with Crippen LogP contribution in [0.1, 0.15) is 24.1 Å². The smallest absolute Gasteiger partial charge is 0.327 e. The zero-order chi connectivity index (χ0) is 21.1. The topological polar surface area (TPSA) is 135 Å². The number of nitrogens with zero attached hydrogens (tertiary/aromatic N) is 2. The fraction of sp³-hybridized carbons (Fsp3) is 0.300. The van der Waals surface area contributed by atoms with Crippen LogP contribution in [0.3, 0.4) is 0 Å². The summed E-state index contributed by atoms with van der Waals surface area (Å²) in [6.07, 6.45) is 1.66. The fourth-order valence-electron chi connectivity index (χ4n) is 3.36. The molecule has 1 aromatic carbocycles. The number of carbonyl (C=O) groups is 3. The number of aliphatic carboxylic acids is 1. The number of carbonyl (C=O) groups excluding carboxylic acids is 2. The lowest BCUT2D eigenvalue weighted by Gasteiger charge is -2.43. The Balaban J connectivity index is 1.69. The quantitative estimate of drug-likeness (QED) is 0.629. The minimum atomic E-state index is -1.24. The number of carboxylic acids is 1. The van der Waals surface area contributed by atoms with Crippen molar-refractivity contribution >= 4 is 23.7 Å². The highest BCUT2D eigenvalue weighted by atomic mass is 16.5.